The van der Waals surface area contributed by atoms with Crippen molar-refractivity contribution in [3.05, 3.63) is 18.0 Å². The lowest BCUT2D eigenvalue weighted by molar-refractivity contribution is 0.488. The highest BCUT2D eigenvalue weighted by atomic mass is 35.5. The number of hydrogen-bond acceptors (Lipinski definition) is 3. The van der Waals surface area contributed by atoms with Crippen molar-refractivity contribution >= 4 is 33.4 Å². The van der Waals surface area contributed by atoms with Crippen LogP contribution in [0, 0.1) is 0 Å². The number of nitrogens with zero attached hydrogens (tertiary/aromatic N) is 2. The molecule has 0 saturated carbocycles. The number of aryl methyl sites for hydroxylation is 1. The smallest absolute Gasteiger partial charge is 0.244 e. The zero-order valence-corrected chi connectivity index (χ0v) is 12.6. The predicted molar refractivity (Wildman–Crippen MR) is 73.2 cm³/mol. The number of hydrogen-bond donors (Lipinski definition) is 0. The van der Waals surface area contributed by atoms with Gasteiger partial charge in [0.25, 0.3) is 0 Å². The van der Waals surface area contributed by atoms with E-state index in [0.717, 1.165) is 11.4 Å². The van der Waals surface area contributed by atoms with E-state index in [2.05, 4.69) is 0 Å². The third kappa shape index (κ3) is 3.40. The first-order valence-electron chi connectivity index (χ1n) is 5.10. The highest BCUT2D eigenvalue weighted by molar-refractivity contribution is 7.98. The first-order valence-corrected chi connectivity index (χ1v) is 8.46. The summed E-state index contributed by atoms with van der Waals surface area (Å²) in [5.74, 6) is 1.09. The Labute approximate surface area is 112 Å². The van der Waals surface area contributed by atoms with Crippen LogP contribution in [0.5, 0.6) is 0 Å². The maximum absolute atomic E-state index is 12.2. The van der Waals surface area contributed by atoms with Gasteiger partial charge in [-0.25, -0.2) is 12.7 Å². The monoisotopic (exact) mass is 296 g/mol. The van der Waals surface area contributed by atoms with Gasteiger partial charge < -0.3 is 4.57 Å². The minimum absolute atomic E-state index is 0.305. The fraction of sp³-hybridized carbons (Fsp3) is 0.600. The summed E-state index contributed by atoms with van der Waals surface area (Å²) in [7, 11) is 0.00400. The van der Waals surface area contributed by atoms with Crippen LogP contribution in [0.25, 0.3) is 0 Å². The molecule has 17 heavy (non-hydrogen) atoms. The van der Waals surface area contributed by atoms with E-state index in [9.17, 15) is 8.42 Å². The number of aromatic nitrogens is 1. The van der Waals surface area contributed by atoms with Crippen LogP contribution in [0.3, 0.4) is 0 Å². The van der Waals surface area contributed by atoms with Crippen LogP contribution in [-0.4, -0.2) is 42.9 Å². The van der Waals surface area contributed by atoms with Crippen molar-refractivity contribution < 1.29 is 8.42 Å². The van der Waals surface area contributed by atoms with Crippen molar-refractivity contribution in [2.24, 2.45) is 7.05 Å². The Kier molecular flexibility index (Phi) is 5.37. The lowest BCUT2D eigenvalue weighted by atomic mass is 10.5. The van der Waals surface area contributed by atoms with E-state index in [0.29, 0.717) is 17.3 Å². The second-order valence-electron chi connectivity index (χ2n) is 3.73. The summed E-state index contributed by atoms with van der Waals surface area (Å²) in [6.07, 6.45) is 3.55. The van der Waals surface area contributed by atoms with Crippen molar-refractivity contribution in [2.75, 3.05) is 25.6 Å². The van der Waals surface area contributed by atoms with Crippen molar-refractivity contribution in [2.45, 2.75) is 10.8 Å². The number of halogens is 1. The highest BCUT2D eigenvalue weighted by Gasteiger charge is 2.22. The molecule has 0 unspecified atom stereocenters. The second kappa shape index (κ2) is 6.13. The predicted octanol–water partition coefficient (Wildman–Crippen LogP) is 1.75. The SMILES string of the molecule is CSCCN(C)S(=O)(=O)c1cc(CCl)n(C)c1. The molecule has 0 aliphatic heterocycles. The summed E-state index contributed by atoms with van der Waals surface area (Å²) in [6, 6.07) is 1.62. The van der Waals surface area contributed by atoms with Crippen LogP contribution in [0.4, 0.5) is 0 Å². The molecule has 0 radical (unpaired) electrons. The maximum atomic E-state index is 12.2. The van der Waals surface area contributed by atoms with Crippen molar-refractivity contribution in [3.8, 4) is 0 Å². The van der Waals surface area contributed by atoms with Crippen LogP contribution in [0.1, 0.15) is 5.69 Å². The molecule has 0 atom stereocenters. The lowest BCUT2D eigenvalue weighted by Crippen LogP contribution is -2.28. The average Bonchev–Trinajstić information content (AvgIpc) is 2.67. The minimum atomic E-state index is -3.38. The van der Waals surface area contributed by atoms with Crippen LogP contribution in [0.15, 0.2) is 17.2 Å². The van der Waals surface area contributed by atoms with Gasteiger partial charge in [0, 0.05) is 38.3 Å². The molecule has 0 spiro atoms. The Morgan fingerprint density at radius 1 is 1.53 bits per heavy atom. The molecule has 0 aromatic carbocycles. The van der Waals surface area contributed by atoms with E-state index in [4.69, 9.17) is 11.6 Å². The van der Waals surface area contributed by atoms with Gasteiger partial charge in [0.05, 0.1) is 5.88 Å². The van der Waals surface area contributed by atoms with Gasteiger partial charge in [-0.05, 0) is 12.3 Å². The average molecular weight is 297 g/mol. The summed E-state index contributed by atoms with van der Waals surface area (Å²) in [4.78, 5) is 0.305. The van der Waals surface area contributed by atoms with Crippen LogP contribution in [-0.2, 0) is 23.0 Å². The molecule has 1 heterocycles. The van der Waals surface area contributed by atoms with Gasteiger partial charge in [-0.15, -0.1) is 11.6 Å². The Morgan fingerprint density at radius 2 is 2.18 bits per heavy atom. The van der Waals surface area contributed by atoms with Gasteiger partial charge in [0.15, 0.2) is 0 Å². The van der Waals surface area contributed by atoms with Crippen molar-refractivity contribution in [3.63, 3.8) is 0 Å². The molecule has 0 fully saturated rings. The molecule has 1 aromatic rings. The number of thioether (sulfide) groups is 1. The molecule has 0 N–H and O–H groups in total. The largest absolute Gasteiger partial charge is 0.352 e. The molecule has 4 nitrogen and oxygen atoms in total. The van der Waals surface area contributed by atoms with Crippen LogP contribution >= 0.6 is 23.4 Å². The first kappa shape index (κ1) is 14.9. The molecule has 0 bridgehead atoms. The fourth-order valence-corrected chi connectivity index (χ4v) is 3.48. The Balaban J connectivity index is 2.96. The van der Waals surface area contributed by atoms with E-state index in [1.807, 2.05) is 6.26 Å². The van der Waals surface area contributed by atoms with Gasteiger partial charge in [-0.1, -0.05) is 0 Å². The molecule has 1 aromatic heterocycles. The summed E-state index contributed by atoms with van der Waals surface area (Å²) >= 11 is 7.35. The summed E-state index contributed by atoms with van der Waals surface area (Å²) < 4.78 is 27.5. The van der Waals surface area contributed by atoms with Gasteiger partial charge in [-0.3, -0.25) is 0 Å². The fourth-order valence-electron chi connectivity index (χ4n) is 1.37. The number of alkyl halides is 1. The Bertz CT molecular complexity index is 471. The third-order valence-electron chi connectivity index (χ3n) is 2.54. The zero-order chi connectivity index (χ0) is 13.1. The molecular weight excluding hydrogens is 280 g/mol. The van der Waals surface area contributed by atoms with E-state index in [1.54, 1.807) is 42.7 Å². The first-order chi connectivity index (χ1) is 7.93. The van der Waals surface area contributed by atoms with E-state index in [-0.39, 0.29) is 0 Å². The Morgan fingerprint density at radius 3 is 2.65 bits per heavy atom. The minimum Gasteiger partial charge on any atom is -0.352 e. The maximum Gasteiger partial charge on any atom is 0.244 e. The summed E-state index contributed by atoms with van der Waals surface area (Å²) in [6.45, 7) is 0.509. The summed E-state index contributed by atoms with van der Waals surface area (Å²) in [5.41, 5.74) is 0.795. The molecule has 1 rings (SSSR count). The highest BCUT2D eigenvalue weighted by Crippen LogP contribution is 2.18. The van der Waals surface area contributed by atoms with Gasteiger partial charge in [-0.2, -0.15) is 11.8 Å². The molecule has 7 heteroatoms. The zero-order valence-electron chi connectivity index (χ0n) is 10.2. The molecule has 0 saturated heterocycles. The van der Waals surface area contributed by atoms with Gasteiger partial charge >= 0.3 is 0 Å². The van der Waals surface area contributed by atoms with E-state index >= 15 is 0 Å². The summed E-state index contributed by atoms with van der Waals surface area (Å²) in [5, 5.41) is 0. The van der Waals surface area contributed by atoms with E-state index in [1.165, 1.54) is 4.31 Å². The lowest BCUT2D eigenvalue weighted by Gasteiger charge is -2.15. The normalized spacial score (nSPS) is 12.3. The molecule has 98 valence electrons. The van der Waals surface area contributed by atoms with Crippen molar-refractivity contribution in [1.82, 2.24) is 8.87 Å². The second-order valence-corrected chi connectivity index (χ2v) is 7.03. The van der Waals surface area contributed by atoms with Crippen LogP contribution in [0.2, 0.25) is 0 Å². The molecular formula is C10H17ClN2O2S2. The number of sulfonamides is 1. The topological polar surface area (TPSA) is 42.3 Å². The van der Waals surface area contributed by atoms with Crippen LogP contribution < -0.4 is 0 Å². The standard InChI is InChI=1S/C10H17ClN2O2S2/c1-12-8-10(6-9(12)7-11)17(14,15)13(2)4-5-16-3/h6,8H,4-5,7H2,1-3H3. The molecule has 0 amide bonds. The third-order valence-corrected chi connectivity index (χ3v) is 5.23. The van der Waals surface area contributed by atoms with E-state index < -0.39 is 10.0 Å². The van der Waals surface area contributed by atoms with Gasteiger partial charge in [0.1, 0.15) is 4.90 Å². The van der Waals surface area contributed by atoms with Gasteiger partial charge in [0.2, 0.25) is 10.0 Å². The molecule has 0 aliphatic rings. The Hall–Kier alpha value is -0.170. The number of rotatable bonds is 6. The molecule has 0 aliphatic carbocycles. The van der Waals surface area contributed by atoms with Crippen molar-refractivity contribution in [1.29, 1.82) is 0 Å². The quantitative estimate of drug-likeness (QED) is 0.751.